The summed E-state index contributed by atoms with van der Waals surface area (Å²) in [6.07, 6.45) is 1.79. The van der Waals surface area contributed by atoms with Crippen molar-refractivity contribution in [2.24, 2.45) is 0 Å². The van der Waals surface area contributed by atoms with E-state index in [0.29, 0.717) is 6.54 Å². The first-order valence-corrected chi connectivity index (χ1v) is 6.48. The largest absolute Gasteiger partial charge is 0.480 e. The first-order chi connectivity index (χ1) is 9.13. The molecule has 0 unspecified atom stereocenters. The number of para-hydroxylation sites is 1. The van der Waals surface area contributed by atoms with Gasteiger partial charge in [0.15, 0.2) is 0 Å². The number of nitrogens with zero attached hydrogens (tertiary/aromatic N) is 2. The van der Waals surface area contributed by atoms with Gasteiger partial charge in [0.05, 0.1) is 0 Å². The summed E-state index contributed by atoms with van der Waals surface area (Å²) in [5, 5.41) is 8.92. The number of amides is 2. The van der Waals surface area contributed by atoms with E-state index >= 15 is 0 Å². The van der Waals surface area contributed by atoms with E-state index in [1.807, 2.05) is 37.3 Å². The molecule has 1 aliphatic carbocycles. The van der Waals surface area contributed by atoms with Gasteiger partial charge in [-0.15, -0.1) is 0 Å². The van der Waals surface area contributed by atoms with Crippen molar-refractivity contribution in [2.45, 2.75) is 25.8 Å². The highest BCUT2D eigenvalue weighted by Crippen LogP contribution is 2.28. The summed E-state index contributed by atoms with van der Waals surface area (Å²) in [6.45, 7) is 2.18. The van der Waals surface area contributed by atoms with Crippen molar-refractivity contribution < 1.29 is 14.7 Å². The Kier molecular flexibility index (Phi) is 4.04. The fourth-order valence-electron chi connectivity index (χ4n) is 2.08. The highest BCUT2D eigenvalue weighted by Gasteiger charge is 2.36. The second-order valence-electron chi connectivity index (χ2n) is 4.62. The Labute approximate surface area is 112 Å². The minimum Gasteiger partial charge on any atom is -0.480 e. The van der Waals surface area contributed by atoms with Crippen LogP contribution in [0.2, 0.25) is 0 Å². The molecule has 2 amide bonds. The van der Waals surface area contributed by atoms with E-state index < -0.39 is 5.97 Å². The second-order valence-corrected chi connectivity index (χ2v) is 4.62. The number of urea groups is 1. The summed E-state index contributed by atoms with van der Waals surface area (Å²) in [4.78, 5) is 26.4. The lowest BCUT2D eigenvalue weighted by Gasteiger charge is -2.29. The SMILES string of the molecule is CCN(C(=O)N(CC(=O)O)C1CC1)c1ccccc1. The van der Waals surface area contributed by atoms with E-state index in [-0.39, 0.29) is 18.6 Å². The number of benzene rings is 1. The van der Waals surface area contributed by atoms with Crippen LogP contribution >= 0.6 is 0 Å². The molecule has 1 saturated carbocycles. The van der Waals surface area contributed by atoms with Gasteiger partial charge in [-0.3, -0.25) is 9.69 Å². The third-order valence-corrected chi connectivity index (χ3v) is 3.15. The third kappa shape index (κ3) is 3.24. The smallest absolute Gasteiger partial charge is 0.325 e. The molecule has 5 nitrogen and oxygen atoms in total. The van der Waals surface area contributed by atoms with E-state index in [0.717, 1.165) is 18.5 Å². The molecule has 1 N–H and O–H groups in total. The zero-order valence-corrected chi connectivity index (χ0v) is 11.0. The molecule has 102 valence electrons. The van der Waals surface area contributed by atoms with Crippen LogP contribution in [0.1, 0.15) is 19.8 Å². The van der Waals surface area contributed by atoms with Crippen LogP contribution < -0.4 is 4.90 Å². The van der Waals surface area contributed by atoms with Crippen LogP contribution in [0.25, 0.3) is 0 Å². The minimum absolute atomic E-state index is 0.0846. The molecule has 0 heterocycles. The average Bonchev–Trinajstić information content (AvgIpc) is 3.22. The monoisotopic (exact) mass is 262 g/mol. The van der Waals surface area contributed by atoms with Gasteiger partial charge in [0.25, 0.3) is 0 Å². The number of carboxylic acids is 1. The van der Waals surface area contributed by atoms with E-state index in [4.69, 9.17) is 5.11 Å². The maximum Gasteiger partial charge on any atom is 0.325 e. The van der Waals surface area contributed by atoms with Crippen LogP contribution in [-0.2, 0) is 4.79 Å². The Bertz CT molecular complexity index is 457. The van der Waals surface area contributed by atoms with Crippen LogP contribution in [0.4, 0.5) is 10.5 Å². The number of carboxylic acid groups (broad SMARTS) is 1. The lowest BCUT2D eigenvalue weighted by molar-refractivity contribution is -0.137. The van der Waals surface area contributed by atoms with E-state index in [9.17, 15) is 9.59 Å². The van der Waals surface area contributed by atoms with Gasteiger partial charge < -0.3 is 10.0 Å². The van der Waals surface area contributed by atoms with E-state index in [1.54, 1.807) is 4.90 Å². The van der Waals surface area contributed by atoms with Crippen LogP contribution in [0.5, 0.6) is 0 Å². The molecule has 0 aromatic heterocycles. The topological polar surface area (TPSA) is 60.9 Å². The molecule has 2 rings (SSSR count). The van der Waals surface area contributed by atoms with Gasteiger partial charge >= 0.3 is 12.0 Å². The Morgan fingerprint density at radius 3 is 2.37 bits per heavy atom. The van der Waals surface area contributed by atoms with Gasteiger partial charge in [-0.2, -0.15) is 0 Å². The number of hydrogen-bond acceptors (Lipinski definition) is 2. The highest BCUT2D eigenvalue weighted by atomic mass is 16.4. The Morgan fingerprint density at radius 1 is 1.26 bits per heavy atom. The number of anilines is 1. The van der Waals surface area contributed by atoms with Crippen molar-refractivity contribution in [3.05, 3.63) is 30.3 Å². The predicted octanol–water partition coefficient (Wildman–Crippen LogP) is 2.18. The molecular formula is C14H18N2O3. The Morgan fingerprint density at radius 2 is 1.89 bits per heavy atom. The normalized spacial score (nSPS) is 13.9. The van der Waals surface area contributed by atoms with E-state index in [2.05, 4.69) is 0 Å². The average molecular weight is 262 g/mol. The molecule has 1 fully saturated rings. The van der Waals surface area contributed by atoms with Crippen LogP contribution in [0.3, 0.4) is 0 Å². The van der Waals surface area contributed by atoms with Crippen LogP contribution in [0, 0.1) is 0 Å². The fourth-order valence-corrected chi connectivity index (χ4v) is 2.08. The molecular weight excluding hydrogens is 244 g/mol. The lowest BCUT2D eigenvalue weighted by Crippen LogP contribution is -2.46. The highest BCUT2D eigenvalue weighted by molar-refractivity contribution is 5.94. The Hall–Kier alpha value is -2.04. The van der Waals surface area contributed by atoms with Crippen molar-refractivity contribution in [3.8, 4) is 0 Å². The van der Waals surface area contributed by atoms with Gasteiger partial charge in [-0.25, -0.2) is 4.79 Å². The van der Waals surface area contributed by atoms with Gasteiger partial charge in [-0.1, -0.05) is 18.2 Å². The Balaban J connectivity index is 2.16. The zero-order valence-electron chi connectivity index (χ0n) is 11.0. The second kappa shape index (κ2) is 5.73. The summed E-state index contributed by atoms with van der Waals surface area (Å²) >= 11 is 0. The molecule has 1 aliphatic rings. The zero-order chi connectivity index (χ0) is 13.8. The molecule has 19 heavy (non-hydrogen) atoms. The molecule has 5 heteroatoms. The molecule has 0 saturated heterocycles. The van der Waals surface area contributed by atoms with Gasteiger partial charge in [-0.05, 0) is 31.9 Å². The molecule has 0 radical (unpaired) electrons. The van der Waals surface area contributed by atoms with Crippen molar-refractivity contribution in [2.75, 3.05) is 18.0 Å². The fraction of sp³-hybridized carbons (Fsp3) is 0.429. The maximum atomic E-state index is 12.5. The first kappa shape index (κ1) is 13.4. The summed E-state index contributed by atoms with van der Waals surface area (Å²) in [7, 11) is 0. The van der Waals surface area contributed by atoms with Gasteiger partial charge in [0.1, 0.15) is 6.54 Å². The number of carbonyl (C=O) groups is 2. The number of rotatable bonds is 5. The van der Waals surface area contributed by atoms with Crippen molar-refractivity contribution in [3.63, 3.8) is 0 Å². The maximum absolute atomic E-state index is 12.5. The quantitative estimate of drug-likeness (QED) is 0.884. The van der Waals surface area contributed by atoms with E-state index in [1.165, 1.54) is 4.90 Å². The standard InChI is InChI=1S/C14H18N2O3/c1-2-15(11-6-4-3-5-7-11)14(19)16(10-13(17)18)12-8-9-12/h3-7,12H,2,8-10H2,1H3,(H,17,18). The minimum atomic E-state index is -0.968. The molecule has 1 aromatic rings. The summed E-state index contributed by atoms with van der Waals surface area (Å²) < 4.78 is 0. The van der Waals surface area contributed by atoms with Crippen molar-refractivity contribution in [1.82, 2.24) is 4.90 Å². The van der Waals surface area contributed by atoms with Gasteiger partial charge in [0, 0.05) is 18.3 Å². The molecule has 0 atom stereocenters. The van der Waals surface area contributed by atoms with Crippen molar-refractivity contribution >= 4 is 17.7 Å². The molecule has 1 aromatic carbocycles. The van der Waals surface area contributed by atoms with Crippen LogP contribution in [0.15, 0.2) is 30.3 Å². The van der Waals surface area contributed by atoms with Crippen molar-refractivity contribution in [1.29, 1.82) is 0 Å². The summed E-state index contributed by atoms with van der Waals surface area (Å²) in [5.41, 5.74) is 0.797. The summed E-state index contributed by atoms with van der Waals surface area (Å²) in [5.74, 6) is -0.968. The molecule has 0 spiro atoms. The predicted molar refractivity (Wildman–Crippen MR) is 72.2 cm³/mol. The summed E-state index contributed by atoms with van der Waals surface area (Å²) in [6, 6.07) is 9.19. The lowest BCUT2D eigenvalue weighted by atomic mass is 10.3. The van der Waals surface area contributed by atoms with Gasteiger partial charge in [0.2, 0.25) is 0 Å². The first-order valence-electron chi connectivity index (χ1n) is 6.48. The number of aliphatic carboxylic acids is 1. The van der Waals surface area contributed by atoms with Crippen LogP contribution in [-0.4, -0.2) is 41.1 Å². The number of hydrogen-bond donors (Lipinski definition) is 1. The molecule has 0 bridgehead atoms. The third-order valence-electron chi connectivity index (χ3n) is 3.15. The number of carbonyl (C=O) groups excluding carboxylic acids is 1. The molecule has 0 aliphatic heterocycles.